The topological polar surface area (TPSA) is 155 Å². The lowest BCUT2D eigenvalue weighted by Gasteiger charge is -2.46. The number of nitrogens with zero attached hydrogens (tertiary/aromatic N) is 1. The fourth-order valence-electron chi connectivity index (χ4n) is 4.98. The summed E-state index contributed by atoms with van der Waals surface area (Å²) in [6, 6.07) is -0.740. The third-order valence-electron chi connectivity index (χ3n) is 6.76. The van der Waals surface area contributed by atoms with Crippen LogP contribution in [0.5, 0.6) is 0 Å². The molecule has 0 radical (unpaired) electrons. The zero-order valence-corrected chi connectivity index (χ0v) is 18.9. The highest BCUT2D eigenvalue weighted by molar-refractivity contribution is 7.90. The van der Waals surface area contributed by atoms with Gasteiger partial charge in [-0.05, 0) is 39.2 Å². The van der Waals surface area contributed by atoms with E-state index in [9.17, 15) is 26.4 Å². The Bertz CT molecular complexity index is 769. The first-order valence-corrected chi connectivity index (χ1v) is 12.5. The predicted octanol–water partition coefficient (Wildman–Crippen LogP) is -1.45. The molecule has 1 saturated carbocycles. The molecule has 0 bridgehead atoms. The molecule has 1 amide bonds. The Labute approximate surface area is 186 Å². The molecule has 32 heavy (non-hydrogen) atoms. The van der Waals surface area contributed by atoms with Gasteiger partial charge in [0, 0.05) is 31.7 Å². The molecule has 1 aliphatic carbocycles. The van der Waals surface area contributed by atoms with E-state index in [-0.39, 0.29) is 31.7 Å². The van der Waals surface area contributed by atoms with Crippen LogP contribution < -0.4 is 32.1 Å². The van der Waals surface area contributed by atoms with Gasteiger partial charge >= 0.3 is 6.18 Å². The van der Waals surface area contributed by atoms with Crippen LogP contribution in [0.2, 0.25) is 0 Å². The second-order valence-corrected chi connectivity index (χ2v) is 11.2. The van der Waals surface area contributed by atoms with Crippen molar-refractivity contribution < 1.29 is 26.4 Å². The lowest BCUT2D eigenvalue weighted by molar-refractivity contribution is -0.183. The van der Waals surface area contributed by atoms with Gasteiger partial charge in [-0.3, -0.25) is 25.6 Å². The van der Waals surface area contributed by atoms with Crippen LogP contribution in [0.25, 0.3) is 0 Å². The number of amides is 1. The van der Waals surface area contributed by atoms with Gasteiger partial charge in [-0.1, -0.05) is 0 Å². The van der Waals surface area contributed by atoms with Crippen molar-refractivity contribution in [3.05, 3.63) is 0 Å². The molecule has 186 valence electrons. The molecule has 7 atom stereocenters. The van der Waals surface area contributed by atoms with Crippen molar-refractivity contribution in [2.24, 2.45) is 23.3 Å². The van der Waals surface area contributed by atoms with E-state index in [4.69, 9.17) is 11.5 Å². The van der Waals surface area contributed by atoms with Crippen molar-refractivity contribution >= 4 is 15.9 Å². The van der Waals surface area contributed by atoms with Gasteiger partial charge in [-0.25, -0.2) is 13.1 Å². The van der Waals surface area contributed by atoms with E-state index < -0.39 is 57.8 Å². The molecular weight excluding hydrogens is 451 g/mol. The molecule has 14 heteroatoms. The van der Waals surface area contributed by atoms with E-state index in [0.29, 0.717) is 6.54 Å². The van der Waals surface area contributed by atoms with Gasteiger partial charge in [0.05, 0.1) is 23.3 Å². The van der Waals surface area contributed by atoms with Crippen LogP contribution in [0.4, 0.5) is 13.2 Å². The number of carbonyl (C=O) groups is 1. The van der Waals surface area contributed by atoms with E-state index >= 15 is 0 Å². The molecule has 2 aliphatic heterocycles. The molecule has 3 aliphatic rings. The Balaban J connectivity index is 1.76. The van der Waals surface area contributed by atoms with Gasteiger partial charge in [-0.2, -0.15) is 13.2 Å². The maximum atomic E-state index is 13.5. The van der Waals surface area contributed by atoms with Gasteiger partial charge in [0.1, 0.15) is 6.29 Å². The highest BCUT2D eigenvalue weighted by Crippen LogP contribution is 2.39. The van der Waals surface area contributed by atoms with Gasteiger partial charge < -0.3 is 11.5 Å². The third-order valence-corrected chi connectivity index (χ3v) is 8.59. The number of carbonyl (C=O) groups excluding carboxylic acids is 1. The molecule has 2 saturated heterocycles. The van der Waals surface area contributed by atoms with Crippen LogP contribution in [-0.2, 0) is 14.8 Å². The van der Waals surface area contributed by atoms with E-state index in [0.717, 1.165) is 19.4 Å². The molecule has 3 fully saturated rings. The van der Waals surface area contributed by atoms with Crippen molar-refractivity contribution in [2.75, 3.05) is 26.7 Å². The summed E-state index contributed by atoms with van der Waals surface area (Å²) in [5.74, 6) is -3.07. The van der Waals surface area contributed by atoms with E-state index in [1.807, 2.05) is 0 Å². The number of halogens is 3. The number of primary amides is 1. The van der Waals surface area contributed by atoms with Crippen LogP contribution in [0.1, 0.15) is 32.1 Å². The second-order valence-electron chi connectivity index (χ2n) is 9.04. The maximum absolute atomic E-state index is 13.5. The standard InChI is InChI=1S/C18H34F3N7O3S/c1-24-32(30,31)13-6-10(18(19,20)21)5-12(7-13)26-16-14(15(23)29)8-25-17(27-16)28-4-2-3-11(22)9-28/h10-14,16-17,24-27H,2-9,22H2,1H3,(H2,23,29)/t10?,11-,12?,13?,14?,16?,17?/m0/s1. The molecule has 8 N–H and O–H groups in total. The lowest BCUT2D eigenvalue weighted by Crippen LogP contribution is -2.72. The Morgan fingerprint density at radius 2 is 1.94 bits per heavy atom. The van der Waals surface area contributed by atoms with Crippen LogP contribution in [-0.4, -0.2) is 81.9 Å². The molecule has 0 spiro atoms. The van der Waals surface area contributed by atoms with Crippen LogP contribution in [0.3, 0.4) is 0 Å². The van der Waals surface area contributed by atoms with Crippen molar-refractivity contribution in [3.63, 3.8) is 0 Å². The molecule has 2 heterocycles. The number of piperidine rings is 1. The van der Waals surface area contributed by atoms with Crippen LogP contribution in [0, 0.1) is 11.8 Å². The average Bonchev–Trinajstić information content (AvgIpc) is 2.72. The number of hydrogen-bond acceptors (Lipinski definition) is 8. The Hall–Kier alpha value is -1.03. The number of likely N-dealkylation sites (tertiary alicyclic amines) is 1. The Morgan fingerprint density at radius 1 is 1.22 bits per heavy atom. The molecule has 3 rings (SSSR count). The minimum Gasteiger partial charge on any atom is -0.369 e. The Kier molecular flexibility index (Phi) is 8.06. The number of nitrogens with one attached hydrogen (secondary N) is 4. The minimum atomic E-state index is -4.51. The summed E-state index contributed by atoms with van der Waals surface area (Å²) in [6.07, 6.45) is -4.46. The molecular formula is C18H34F3N7O3S. The van der Waals surface area contributed by atoms with E-state index in [1.165, 1.54) is 7.05 Å². The summed E-state index contributed by atoms with van der Waals surface area (Å²) in [5.41, 5.74) is 11.6. The number of sulfonamides is 1. The number of nitrogens with two attached hydrogens (primary N) is 2. The lowest BCUT2D eigenvalue weighted by atomic mass is 9.84. The zero-order chi connectivity index (χ0) is 23.7. The molecule has 0 aromatic carbocycles. The zero-order valence-electron chi connectivity index (χ0n) is 18.1. The summed E-state index contributed by atoms with van der Waals surface area (Å²) in [5, 5.41) is 8.37. The maximum Gasteiger partial charge on any atom is 0.391 e. The average molecular weight is 486 g/mol. The molecule has 0 aromatic rings. The van der Waals surface area contributed by atoms with Crippen molar-refractivity contribution in [1.29, 1.82) is 0 Å². The highest BCUT2D eigenvalue weighted by atomic mass is 32.2. The summed E-state index contributed by atoms with van der Waals surface area (Å²) >= 11 is 0. The molecule has 10 nitrogen and oxygen atoms in total. The van der Waals surface area contributed by atoms with E-state index in [2.05, 4.69) is 25.6 Å². The number of alkyl halides is 3. The fourth-order valence-corrected chi connectivity index (χ4v) is 6.29. The highest BCUT2D eigenvalue weighted by Gasteiger charge is 2.48. The van der Waals surface area contributed by atoms with Crippen molar-refractivity contribution in [1.82, 2.24) is 25.6 Å². The quantitative estimate of drug-likeness (QED) is 0.267. The first-order chi connectivity index (χ1) is 14.9. The molecule has 6 unspecified atom stereocenters. The summed E-state index contributed by atoms with van der Waals surface area (Å²) in [4.78, 5) is 14.1. The fraction of sp³-hybridized carbons (Fsp3) is 0.944. The monoisotopic (exact) mass is 485 g/mol. The SMILES string of the molecule is CNS(=O)(=O)C1CC(NC2NC(N3CCC[C@H](N)C3)NCC2C(N)=O)CC(C(F)(F)F)C1. The summed E-state index contributed by atoms with van der Waals surface area (Å²) in [6.45, 7) is 1.67. The largest absolute Gasteiger partial charge is 0.391 e. The summed E-state index contributed by atoms with van der Waals surface area (Å²) < 4.78 is 67.4. The van der Waals surface area contributed by atoms with Gasteiger partial charge in [0.15, 0.2) is 0 Å². The van der Waals surface area contributed by atoms with Gasteiger partial charge in [0.2, 0.25) is 15.9 Å². The van der Waals surface area contributed by atoms with Gasteiger partial charge in [0.25, 0.3) is 0 Å². The van der Waals surface area contributed by atoms with Crippen molar-refractivity contribution in [3.8, 4) is 0 Å². The summed E-state index contributed by atoms with van der Waals surface area (Å²) in [7, 11) is -2.69. The first-order valence-electron chi connectivity index (χ1n) is 10.9. The Morgan fingerprint density at radius 3 is 2.53 bits per heavy atom. The third kappa shape index (κ3) is 6.10. The smallest absolute Gasteiger partial charge is 0.369 e. The number of rotatable bonds is 6. The van der Waals surface area contributed by atoms with Crippen molar-refractivity contribution in [2.45, 2.75) is 68.1 Å². The van der Waals surface area contributed by atoms with E-state index in [1.54, 1.807) is 0 Å². The number of hydrogen-bond donors (Lipinski definition) is 6. The minimum absolute atomic E-state index is 0.00605. The van der Waals surface area contributed by atoms with Crippen LogP contribution in [0.15, 0.2) is 0 Å². The first kappa shape index (κ1) is 25.6. The normalized spacial score (nSPS) is 37.8. The molecule has 0 aromatic heterocycles. The second kappa shape index (κ2) is 10.1. The predicted molar refractivity (Wildman–Crippen MR) is 112 cm³/mol. The van der Waals surface area contributed by atoms with Crippen LogP contribution >= 0.6 is 0 Å². The van der Waals surface area contributed by atoms with Gasteiger partial charge in [-0.15, -0.1) is 0 Å².